The standard InChI is InChI=1S/C25H32ClN3O5/c1-27-23(31)16-22(30)21(14-18-6-3-2-4-7-18)28-25(33)19(15-24(32)29-34)9-5-8-17-10-12-20(26)13-11-17/h2-4,6-7,10-13,19,21-22,30,34H,5,8-9,14-16H2,1H3,(H,27,31)(H,28,33)(H,29,32)/t19-,21+,22-/m1/s1. The van der Waals surface area contributed by atoms with Crippen molar-refractivity contribution in [2.75, 3.05) is 7.05 Å². The lowest BCUT2D eigenvalue weighted by molar-refractivity contribution is -0.135. The Hall–Kier alpha value is -2.94. The van der Waals surface area contributed by atoms with E-state index in [0.717, 1.165) is 11.1 Å². The normalized spacial score (nSPS) is 13.4. The van der Waals surface area contributed by atoms with E-state index in [0.29, 0.717) is 30.7 Å². The number of aliphatic hydroxyl groups excluding tert-OH is 1. The van der Waals surface area contributed by atoms with E-state index in [1.54, 1.807) is 17.6 Å². The minimum atomic E-state index is -1.12. The van der Waals surface area contributed by atoms with Crippen LogP contribution in [-0.2, 0) is 27.2 Å². The van der Waals surface area contributed by atoms with E-state index in [4.69, 9.17) is 16.8 Å². The van der Waals surface area contributed by atoms with Crippen LogP contribution in [0.4, 0.5) is 0 Å². The average Bonchev–Trinajstić information content (AvgIpc) is 2.84. The summed E-state index contributed by atoms with van der Waals surface area (Å²) in [5.41, 5.74) is 3.52. The first-order chi connectivity index (χ1) is 16.3. The number of halogens is 1. The number of hydrogen-bond donors (Lipinski definition) is 5. The van der Waals surface area contributed by atoms with Crippen molar-refractivity contribution in [3.05, 3.63) is 70.7 Å². The van der Waals surface area contributed by atoms with Gasteiger partial charge < -0.3 is 15.7 Å². The van der Waals surface area contributed by atoms with Crippen molar-refractivity contribution < 1.29 is 24.7 Å². The molecule has 2 rings (SSSR count). The molecule has 0 aliphatic heterocycles. The molecular weight excluding hydrogens is 458 g/mol. The second-order valence-electron chi connectivity index (χ2n) is 8.20. The minimum Gasteiger partial charge on any atom is -0.390 e. The number of benzene rings is 2. The SMILES string of the molecule is CNC(=O)C[C@@H](O)[C@H](Cc1ccccc1)NC(=O)[C@H](CCCc1ccc(Cl)cc1)CC(=O)NO. The van der Waals surface area contributed by atoms with Gasteiger partial charge in [0.1, 0.15) is 0 Å². The fourth-order valence-corrected chi connectivity index (χ4v) is 3.81. The first-order valence-corrected chi connectivity index (χ1v) is 11.6. The predicted octanol–water partition coefficient (Wildman–Crippen LogP) is 2.40. The lowest BCUT2D eigenvalue weighted by Gasteiger charge is -2.26. The van der Waals surface area contributed by atoms with Gasteiger partial charge in [0.15, 0.2) is 0 Å². The highest BCUT2D eigenvalue weighted by molar-refractivity contribution is 6.30. The summed E-state index contributed by atoms with van der Waals surface area (Å²) in [6, 6.07) is 16.0. The van der Waals surface area contributed by atoms with Crippen LogP contribution in [0, 0.1) is 5.92 Å². The van der Waals surface area contributed by atoms with Gasteiger partial charge in [0, 0.05) is 24.4 Å². The Morgan fingerprint density at radius 2 is 1.62 bits per heavy atom. The van der Waals surface area contributed by atoms with Crippen molar-refractivity contribution in [2.24, 2.45) is 5.92 Å². The van der Waals surface area contributed by atoms with E-state index in [2.05, 4.69) is 10.6 Å². The van der Waals surface area contributed by atoms with Crippen molar-refractivity contribution in [1.29, 1.82) is 0 Å². The van der Waals surface area contributed by atoms with E-state index in [-0.39, 0.29) is 18.7 Å². The Kier molecular flexibility index (Phi) is 11.5. The fraction of sp³-hybridized carbons (Fsp3) is 0.400. The molecule has 0 heterocycles. The van der Waals surface area contributed by atoms with Gasteiger partial charge in [0.25, 0.3) is 0 Å². The molecule has 0 fully saturated rings. The molecule has 0 radical (unpaired) electrons. The summed E-state index contributed by atoms with van der Waals surface area (Å²) in [5.74, 6) is -2.15. The lowest BCUT2D eigenvalue weighted by Crippen LogP contribution is -2.48. The molecule has 5 N–H and O–H groups in total. The number of hydroxylamine groups is 1. The molecule has 9 heteroatoms. The van der Waals surface area contributed by atoms with E-state index in [1.165, 1.54) is 7.05 Å². The molecule has 0 spiro atoms. The van der Waals surface area contributed by atoms with E-state index < -0.39 is 29.9 Å². The van der Waals surface area contributed by atoms with Crippen LogP contribution in [0.25, 0.3) is 0 Å². The molecular formula is C25H32ClN3O5. The van der Waals surface area contributed by atoms with E-state index in [9.17, 15) is 19.5 Å². The van der Waals surface area contributed by atoms with Gasteiger partial charge in [-0.1, -0.05) is 54.1 Å². The number of carbonyl (C=O) groups is 3. The zero-order valence-corrected chi connectivity index (χ0v) is 19.9. The van der Waals surface area contributed by atoms with Gasteiger partial charge >= 0.3 is 0 Å². The van der Waals surface area contributed by atoms with Crippen LogP contribution >= 0.6 is 11.6 Å². The topological polar surface area (TPSA) is 128 Å². The number of aryl methyl sites for hydroxylation is 1. The van der Waals surface area contributed by atoms with Crippen LogP contribution in [0.1, 0.15) is 36.8 Å². The molecule has 8 nitrogen and oxygen atoms in total. The van der Waals surface area contributed by atoms with Gasteiger partial charge in [-0.15, -0.1) is 0 Å². The van der Waals surface area contributed by atoms with Gasteiger partial charge in [0.05, 0.1) is 18.6 Å². The smallest absolute Gasteiger partial charge is 0.244 e. The molecule has 2 aromatic rings. The van der Waals surface area contributed by atoms with E-state index in [1.807, 2.05) is 42.5 Å². The Balaban J connectivity index is 2.09. The molecule has 0 aliphatic carbocycles. The molecule has 3 amide bonds. The summed E-state index contributed by atoms with van der Waals surface area (Å²) in [7, 11) is 1.48. The van der Waals surface area contributed by atoms with Gasteiger partial charge in [0.2, 0.25) is 17.7 Å². The maximum absolute atomic E-state index is 13.1. The van der Waals surface area contributed by atoms with Crippen LogP contribution in [-0.4, -0.2) is 47.2 Å². The molecule has 0 aromatic heterocycles. The van der Waals surface area contributed by atoms with Crippen LogP contribution < -0.4 is 16.1 Å². The number of nitrogens with one attached hydrogen (secondary N) is 3. The molecule has 0 bridgehead atoms. The molecule has 0 unspecified atom stereocenters. The van der Waals surface area contributed by atoms with Crippen LogP contribution in [0.3, 0.4) is 0 Å². The molecule has 2 aromatic carbocycles. The largest absolute Gasteiger partial charge is 0.390 e. The number of rotatable bonds is 13. The van der Waals surface area contributed by atoms with Crippen LogP contribution in [0.5, 0.6) is 0 Å². The highest BCUT2D eigenvalue weighted by atomic mass is 35.5. The highest BCUT2D eigenvalue weighted by Crippen LogP contribution is 2.18. The van der Waals surface area contributed by atoms with Crippen molar-refractivity contribution in [2.45, 2.75) is 50.7 Å². The molecule has 184 valence electrons. The van der Waals surface area contributed by atoms with Gasteiger partial charge in [-0.05, 0) is 48.9 Å². The maximum Gasteiger partial charge on any atom is 0.244 e. The number of hydrogen-bond acceptors (Lipinski definition) is 5. The highest BCUT2D eigenvalue weighted by Gasteiger charge is 2.28. The Morgan fingerprint density at radius 1 is 0.941 bits per heavy atom. The Bertz CT molecular complexity index is 924. The molecule has 3 atom stereocenters. The van der Waals surface area contributed by atoms with Crippen molar-refractivity contribution >= 4 is 29.3 Å². The fourth-order valence-electron chi connectivity index (χ4n) is 3.69. The summed E-state index contributed by atoms with van der Waals surface area (Å²) in [4.78, 5) is 36.8. The molecule has 0 saturated carbocycles. The minimum absolute atomic E-state index is 0.174. The van der Waals surface area contributed by atoms with E-state index >= 15 is 0 Å². The summed E-state index contributed by atoms with van der Waals surface area (Å²) in [5, 5.41) is 25.6. The van der Waals surface area contributed by atoms with Crippen LogP contribution in [0.15, 0.2) is 54.6 Å². The number of aliphatic hydroxyl groups is 1. The lowest BCUT2D eigenvalue weighted by atomic mass is 9.93. The molecule has 34 heavy (non-hydrogen) atoms. The van der Waals surface area contributed by atoms with Crippen LogP contribution in [0.2, 0.25) is 5.02 Å². The van der Waals surface area contributed by atoms with Crippen molar-refractivity contribution in [1.82, 2.24) is 16.1 Å². The molecule has 0 aliphatic rings. The van der Waals surface area contributed by atoms with Gasteiger partial charge in [-0.2, -0.15) is 0 Å². The van der Waals surface area contributed by atoms with Crippen molar-refractivity contribution in [3.8, 4) is 0 Å². The quantitative estimate of drug-likeness (QED) is 0.218. The second kappa shape index (κ2) is 14.3. The summed E-state index contributed by atoms with van der Waals surface area (Å²) in [6.07, 6.45) is 0.529. The number of amides is 3. The molecule has 0 saturated heterocycles. The predicted molar refractivity (Wildman–Crippen MR) is 129 cm³/mol. The number of carbonyl (C=O) groups excluding carboxylic acids is 3. The van der Waals surface area contributed by atoms with Gasteiger partial charge in [-0.3, -0.25) is 19.6 Å². The third-order valence-electron chi connectivity index (χ3n) is 5.62. The average molecular weight is 490 g/mol. The zero-order chi connectivity index (χ0) is 24.9. The first kappa shape index (κ1) is 27.3. The summed E-state index contributed by atoms with van der Waals surface area (Å²) in [6.45, 7) is 0. The Labute approximate surface area is 204 Å². The van der Waals surface area contributed by atoms with Gasteiger partial charge in [-0.25, -0.2) is 5.48 Å². The summed E-state index contributed by atoms with van der Waals surface area (Å²) < 4.78 is 0. The van der Waals surface area contributed by atoms with Crippen molar-refractivity contribution in [3.63, 3.8) is 0 Å². The summed E-state index contributed by atoms with van der Waals surface area (Å²) >= 11 is 5.92. The third kappa shape index (κ3) is 9.51. The zero-order valence-electron chi connectivity index (χ0n) is 19.2. The Morgan fingerprint density at radius 3 is 2.24 bits per heavy atom. The second-order valence-corrected chi connectivity index (χ2v) is 8.64. The third-order valence-corrected chi connectivity index (χ3v) is 5.87. The maximum atomic E-state index is 13.1. The first-order valence-electron chi connectivity index (χ1n) is 11.2. The monoisotopic (exact) mass is 489 g/mol.